The van der Waals surface area contributed by atoms with Crippen LogP contribution in [0, 0.1) is 0 Å². The van der Waals surface area contributed by atoms with Crippen LogP contribution in [0.25, 0.3) is 22.9 Å². The van der Waals surface area contributed by atoms with Gasteiger partial charge in [-0.1, -0.05) is 49.6 Å². The Hall–Kier alpha value is -2.55. The van der Waals surface area contributed by atoms with Gasteiger partial charge in [0.25, 0.3) is 0 Å². The molecule has 0 saturated carbocycles. The predicted octanol–water partition coefficient (Wildman–Crippen LogP) is 4.22. The Morgan fingerprint density at radius 2 is 1.94 bits per heavy atom. The minimum atomic E-state index is -1.09. The Morgan fingerprint density at radius 3 is 2.56 bits per heavy atom. The second-order valence-electron chi connectivity index (χ2n) is 3.81. The van der Waals surface area contributed by atoms with Crippen LogP contribution in [0.3, 0.4) is 0 Å². The molecule has 0 heterocycles. The molecule has 3 heteroatoms. The van der Waals surface area contributed by atoms with E-state index in [-0.39, 0.29) is 0 Å². The van der Waals surface area contributed by atoms with Crippen LogP contribution in [0.4, 0.5) is 10.5 Å². The molecule has 90 valence electrons. The minimum Gasteiger partial charge on any atom is -0.465 e. The van der Waals surface area contributed by atoms with E-state index in [0.29, 0.717) is 5.69 Å². The van der Waals surface area contributed by atoms with Crippen molar-refractivity contribution in [1.29, 1.82) is 0 Å². The van der Waals surface area contributed by atoms with Crippen molar-refractivity contribution < 1.29 is 9.90 Å². The van der Waals surface area contributed by atoms with E-state index < -0.39 is 6.09 Å². The van der Waals surface area contributed by atoms with Crippen LogP contribution >= 0.6 is 0 Å². The number of anilines is 1. The van der Waals surface area contributed by atoms with E-state index in [9.17, 15) is 4.79 Å². The molecule has 2 aromatic rings. The lowest BCUT2D eigenvalue weighted by molar-refractivity contribution is 0.210. The Kier molecular flexibility index (Phi) is 3.15. The number of carbonyl (C=O) groups is 1. The van der Waals surface area contributed by atoms with E-state index in [1.807, 2.05) is 30.3 Å². The van der Waals surface area contributed by atoms with E-state index in [1.165, 1.54) is 0 Å². The van der Waals surface area contributed by atoms with Gasteiger partial charge in [-0.15, -0.1) is 0 Å². The summed E-state index contributed by atoms with van der Waals surface area (Å²) in [5.41, 5.74) is 2.14. The fourth-order valence-electron chi connectivity index (χ4n) is 2.02. The summed E-state index contributed by atoms with van der Waals surface area (Å²) in [6.07, 6.45) is 2.23. The molecule has 2 aromatic carbocycles. The highest BCUT2D eigenvalue weighted by atomic mass is 16.4. The molecule has 0 unspecified atom stereocenters. The van der Waals surface area contributed by atoms with Crippen LogP contribution in [0.1, 0.15) is 11.1 Å². The van der Waals surface area contributed by atoms with Gasteiger partial charge in [-0.05, 0) is 17.0 Å². The van der Waals surface area contributed by atoms with Gasteiger partial charge in [0.1, 0.15) is 0 Å². The van der Waals surface area contributed by atoms with E-state index in [1.54, 1.807) is 12.2 Å². The third-order valence-corrected chi connectivity index (χ3v) is 2.78. The van der Waals surface area contributed by atoms with Gasteiger partial charge in [0.05, 0.1) is 5.69 Å². The SMILES string of the molecule is C=Cc1cc2ccccc2c(NC(=O)O)c1C=C. The van der Waals surface area contributed by atoms with Crippen molar-refractivity contribution in [3.05, 3.63) is 54.6 Å². The first-order valence-corrected chi connectivity index (χ1v) is 5.48. The molecule has 0 atom stereocenters. The molecule has 0 spiro atoms. The molecule has 0 aromatic heterocycles. The molecule has 2 rings (SSSR count). The normalized spacial score (nSPS) is 10.0. The molecular formula is C15H13NO2. The Morgan fingerprint density at radius 1 is 1.22 bits per heavy atom. The first-order chi connectivity index (χ1) is 8.67. The zero-order valence-electron chi connectivity index (χ0n) is 9.81. The number of hydrogen-bond acceptors (Lipinski definition) is 1. The quantitative estimate of drug-likeness (QED) is 0.842. The largest absolute Gasteiger partial charge is 0.465 e. The van der Waals surface area contributed by atoms with Gasteiger partial charge >= 0.3 is 6.09 Å². The highest BCUT2D eigenvalue weighted by Gasteiger charge is 2.11. The van der Waals surface area contributed by atoms with Crippen molar-refractivity contribution in [2.45, 2.75) is 0 Å². The van der Waals surface area contributed by atoms with E-state index in [0.717, 1.165) is 21.9 Å². The monoisotopic (exact) mass is 239 g/mol. The number of fused-ring (bicyclic) bond motifs is 1. The van der Waals surface area contributed by atoms with Crippen molar-refractivity contribution in [3.8, 4) is 0 Å². The van der Waals surface area contributed by atoms with Crippen LogP contribution < -0.4 is 5.32 Å². The summed E-state index contributed by atoms with van der Waals surface area (Å²) in [7, 11) is 0. The second kappa shape index (κ2) is 4.75. The van der Waals surface area contributed by atoms with Crippen LogP contribution in [0.5, 0.6) is 0 Å². The standard InChI is InChI=1S/C15H13NO2/c1-3-10-9-11-7-5-6-8-13(11)14(12(10)4-2)16-15(17)18/h3-9,16H,1-2H2,(H,17,18). The maximum absolute atomic E-state index is 10.9. The third-order valence-electron chi connectivity index (χ3n) is 2.78. The summed E-state index contributed by atoms with van der Waals surface area (Å²) in [6, 6.07) is 9.55. The smallest absolute Gasteiger partial charge is 0.409 e. The highest BCUT2D eigenvalue weighted by Crippen LogP contribution is 2.32. The van der Waals surface area contributed by atoms with E-state index in [4.69, 9.17) is 5.11 Å². The molecular weight excluding hydrogens is 226 g/mol. The second-order valence-corrected chi connectivity index (χ2v) is 3.81. The molecule has 0 fully saturated rings. The number of hydrogen-bond donors (Lipinski definition) is 2. The summed E-state index contributed by atoms with van der Waals surface area (Å²) in [6.45, 7) is 7.48. The molecule has 1 amide bonds. The lowest BCUT2D eigenvalue weighted by atomic mass is 9.98. The van der Waals surface area contributed by atoms with E-state index >= 15 is 0 Å². The van der Waals surface area contributed by atoms with Crippen molar-refractivity contribution in [2.75, 3.05) is 5.32 Å². The summed E-state index contributed by atoms with van der Waals surface area (Å²) in [5.74, 6) is 0. The van der Waals surface area contributed by atoms with Gasteiger partial charge in [0.2, 0.25) is 0 Å². The summed E-state index contributed by atoms with van der Waals surface area (Å²) in [5, 5.41) is 13.2. The van der Waals surface area contributed by atoms with Gasteiger partial charge in [0, 0.05) is 10.9 Å². The number of benzene rings is 2. The Bertz CT molecular complexity index is 644. The fraction of sp³-hybridized carbons (Fsp3) is 0. The molecule has 0 bridgehead atoms. The molecule has 0 aliphatic heterocycles. The lowest BCUT2D eigenvalue weighted by Gasteiger charge is -2.13. The van der Waals surface area contributed by atoms with Crippen LogP contribution in [-0.2, 0) is 0 Å². The first-order valence-electron chi connectivity index (χ1n) is 5.48. The number of rotatable bonds is 3. The number of nitrogens with one attached hydrogen (secondary N) is 1. The molecule has 0 aliphatic rings. The molecule has 0 aliphatic carbocycles. The van der Waals surface area contributed by atoms with Crippen LogP contribution in [0.15, 0.2) is 43.5 Å². The van der Waals surface area contributed by atoms with Crippen molar-refractivity contribution in [3.63, 3.8) is 0 Å². The fourth-order valence-corrected chi connectivity index (χ4v) is 2.02. The van der Waals surface area contributed by atoms with Crippen LogP contribution in [0.2, 0.25) is 0 Å². The average molecular weight is 239 g/mol. The van der Waals surface area contributed by atoms with E-state index in [2.05, 4.69) is 18.5 Å². The zero-order valence-corrected chi connectivity index (χ0v) is 9.81. The van der Waals surface area contributed by atoms with Gasteiger partial charge in [-0.2, -0.15) is 0 Å². The molecule has 3 nitrogen and oxygen atoms in total. The number of carboxylic acid groups (broad SMARTS) is 1. The summed E-state index contributed by atoms with van der Waals surface area (Å²) in [4.78, 5) is 10.9. The molecule has 0 radical (unpaired) electrons. The summed E-state index contributed by atoms with van der Waals surface area (Å²) < 4.78 is 0. The van der Waals surface area contributed by atoms with Gasteiger partial charge in [-0.3, -0.25) is 5.32 Å². The molecule has 2 N–H and O–H groups in total. The van der Waals surface area contributed by atoms with Crippen molar-refractivity contribution >= 4 is 34.7 Å². The highest BCUT2D eigenvalue weighted by molar-refractivity contribution is 6.05. The Balaban J connectivity index is 2.85. The maximum Gasteiger partial charge on any atom is 0.409 e. The van der Waals surface area contributed by atoms with Gasteiger partial charge in [0.15, 0.2) is 0 Å². The average Bonchev–Trinajstić information content (AvgIpc) is 2.37. The van der Waals surface area contributed by atoms with Crippen LogP contribution in [-0.4, -0.2) is 11.2 Å². The van der Waals surface area contributed by atoms with Crippen molar-refractivity contribution in [1.82, 2.24) is 0 Å². The molecule has 0 saturated heterocycles. The first kappa shape index (κ1) is 11.9. The lowest BCUT2D eigenvalue weighted by Crippen LogP contribution is -2.09. The maximum atomic E-state index is 10.9. The Labute approximate surface area is 105 Å². The minimum absolute atomic E-state index is 0.547. The molecule has 18 heavy (non-hydrogen) atoms. The summed E-state index contributed by atoms with van der Waals surface area (Å²) >= 11 is 0. The third kappa shape index (κ3) is 1.98. The number of amides is 1. The predicted molar refractivity (Wildman–Crippen MR) is 75.8 cm³/mol. The zero-order chi connectivity index (χ0) is 13.1. The van der Waals surface area contributed by atoms with Gasteiger partial charge < -0.3 is 5.11 Å². The van der Waals surface area contributed by atoms with Gasteiger partial charge in [-0.25, -0.2) is 4.79 Å². The van der Waals surface area contributed by atoms with Crippen molar-refractivity contribution in [2.24, 2.45) is 0 Å². The topological polar surface area (TPSA) is 49.3 Å².